The highest BCUT2D eigenvalue weighted by molar-refractivity contribution is 5.86. The van der Waals surface area contributed by atoms with Crippen molar-refractivity contribution in [3.8, 4) is 0 Å². The summed E-state index contributed by atoms with van der Waals surface area (Å²) in [5.74, 6) is 0. The summed E-state index contributed by atoms with van der Waals surface area (Å²) < 4.78 is 1.64. The molecule has 1 aromatic carbocycles. The molecule has 0 aliphatic carbocycles. The summed E-state index contributed by atoms with van der Waals surface area (Å²) in [5.41, 5.74) is 0.299. The number of fused-ring (bicyclic) bond motifs is 3. The highest BCUT2D eigenvalue weighted by atomic mass is 16.6. The van der Waals surface area contributed by atoms with E-state index < -0.39 is 21.2 Å². The number of nitro benzene ring substituents is 2. The number of benzene rings is 1. The quantitative estimate of drug-likeness (QED) is 0.518. The summed E-state index contributed by atoms with van der Waals surface area (Å²) in [6, 6.07) is 7.54. The number of hydrogen-bond donors (Lipinski definition) is 0. The van der Waals surface area contributed by atoms with Crippen LogP contribution in [0.1, 0.15) is 0 Å². The van der Waals surface area contributed by atoms with Gasteiger partial charge in [-0.15, -0.1) is 0 Å². The van der Waals surface area contributed by atoms with Crippen molar-refractivity contribution < 1.29 is 9.85 Å². The molecule has 0 N–H and O–H groups in total. The maximum Gasteiger partial charge on any atom is 0.348 e. The van der Waals surface area contributed by atoms with Gasteiger partial charge in [0, 0.05) is 12.3 Å². The van der Waals surface area contributed by atoms with Gasteiger partial charge in [-0.3, -0.25) is 24.6 Å². The minimum absolute atomic E-state index is 0.350. The molecule has 8 nitrogen and oxygen atoms in total. The SMILES string of the molecule is O=[N+]([O-])c1cc2nc3ccccn3c2cc1[N+](=O)[O-]. The zero-order valence-corrected chi connectivity index (χ0v) is 9.39. The lowest BCUT2D eigenvalue weighted by Gasteiger charge is -1.96. The minimum atomic E-state index is -0.776. The first-order valence-corrected chi connectivity index (χ1v) is 5.27. The lowest BCUT2D eigenvalue weighted by Crippen LogP contribution is -1.96. The van der Waals surface area contributed by atoms with Crippen LogP contribution in [-0.4, -0.2) is 19.2 Å². The van der Waals surface area contributed by atoms with E-state index in [1.165, 1.54) is 6.07 Å². The summed E-state index contributed by atoms with van der Waals surface area (Å²) >= 11 is 0. The fourth-order valence-electron chi connectivity index (χ4n) is 1.98. The summed E-state index contributed by atoms with van der Waals surface area (Å²) in [4.78, 5) is 24.4. The fourth-order valence-corrected chi connectivity index (χ4v) is 1.98. The molecule has 3 aromatic rings. The maximum absolute atomic E-state index is 10.9. The monoisotopic (exact) mass is 258 g/mol. The van der Waals surface area contributed by atoms with Crippen LogP contribution in [0.3, 0.4) is 0 Å². The maximum atomic E-state index is 10.9. The van der Waals surface area contributed by atoms with E-state index in [2.05, 4.69) is 4.98 Å². The normalized spacial score (nSPS) is 10.9. The second-order valence-corrected chi connectivity index (χ2v) is 3.88. The van der Waals surface area contributed by atoms with Gasteiger partial charge in [0.15, 0.2) is 0 Å². The molecule has 0 atom stereocenters. The predicted molar refractivity (Wildman–Crippen MR) is 66.0 cm³/mol. The van der Waals surface area contributed by atoms with Crippen molar-refractivity contribution >= 4 is 28.1 Å². The molecule has 8 heteroatoms. The van der Waals surface area contributed by atoms with Crippen molar-refractivity contribution in [2.45, 2.75) is 0 Å². The van der Waals surface area contributed by atoms with Crippen molar-refractivity contribution in [2.24, 2.45) is 0 Å². The third-order valence-corrected chi connectivity index (χ3v) is 2.80. The van der Waals surface area contributed by atoms with Gasteiger partial charge in [-0.05, 0) is 12.1 Å². The Morgan fingerprint density at radius 1 is 1.05 bits per heavy atom. The second-order valence-electron chi connectivity index (χ2n) is 3.88. The van der Waals surface area contributed by atoms with Crippen LogP contribution < -0.4 is 0 Å². The van der Waals surface area contributed by atoms with Crippen LogP contribution in [-0.2, 0) is 0 Å². The van der Waals surface area contributed by atoms with Crippen molar-refractivity contribution in [1.29, 1.82) is 0 Å². The summed E-state index contributed by atoms with van der Waals surface area (Å²) in [7, 11) is 0. The minimum Gasteiger partial charge on any atom is -0.299 e. The van der Waals surface area contributed by atoms with Gasteiger partial charge in [0.1, 0.15) is 5.65 Å². The Kier molecular flexibility index (Phi) is 2.18. The molecule has 0 bridgehead atoms. The highest BCUT2D eigenvalue weighted by Crippen LogP contribution is 2.31. The third kappa shape index (κ3) is 1.58. The van der Waals surface area contributed by atoms with Crippen LogP contribution in [0.4, 0.5) is 11.4 Å². The molecule has 0 saturated heterocycles. The molecular weight excluding hydrogens is 252 g/mol. The number of nitrogens with zero attached hydrogens (tertiary/aromatic N) is 4. The number of nitro groups is 2. The molecule has 0 aliphatic rings. The van der Waals surface area contributed by atoms with Crippen LogP contribution in [0.15, 0.2) is 36.5 Å². The molecule has 3 rings (SSSR count). The van der Waals surface area contributed by atoms with E-state index >= 15 is 0 Å². The Hall–Kier alpha value is -3.03. The first-order chi connectivity index (χ1) is 9.08. The van der Waals surface area contributed by atoms with Crippen LogP contribution in [0.25, 0.3) is 16.7 Å². The van der Waals surface area contributed by atoms with Crippen molar-refractivity contribution in [2.75, 3.05) is 0 Å². The molecule has 0 aliphatic heterocycles. The third-order valence-electron chi connectivity index (χ3n) is 2.80. The number of pyridine rings is 1. The molecule has 0 radical (unpaired) electrons. The lowest BCUT2D eigenvalue weighted by molar-refractivity contribution is -0.422. The highest BCUT2D eigenvalue weighted by Gasteiger charge is 2.26. The van der Waals surface area contributed by atoms with E-state index in [1.54, 1.807) is 28.8 Å². The summed E-state index contributed by atoms with van der Waals surface area (Å²) in [6.45, 7) is 0. The summed E-state index contributed by atoms with van der Waals surface area (Å²) in [6.07, 6.45) is 1.69. The Morgan fingerprint density at radius 2 is 1.74 bits per heavy atom. The van der Waals surface area contributed by atoms with Gasteiger partial charge in [-0.2, -0.15) is 0 Å². The Bertz CT molecular complexity index is 839. The van der Waals surface area contributed by atoms with Crippen LogP contribution in [0.5, 0.6) is 0 Å². The predicted octanol–water partition coefficient (Wildman–Crippen LogP) is 2.30. The summed E-state index contributed by atoms with van der Waals surface area (Å²) in [5, 5.41) is 21.8. The average molecular weight is 258 g/mol. The molecule has 2 heterocycles. The number of rotatable bonds is 2. The Labute approximate surface area is 105 Å². The molecule has 0 saturated carbocycles. The van der Waals surface area contributed by atoms with Crippen LogP contribution >= 0.6 is 0 Å². The van der Waals surface area contributed by atoms with Gasteiger partial charge >= 0.3 is 11.4 Å². The van der Waals surface area contributed by atoms with E-state index in [1.807, 2.05) is 0 Å². The topological polar surface area (TPSA) is 104 Å². The molecule has 2 aromatic heterocycles. The number of imidazole rings is 1. The van der Waals surface area contributed by atoms with Crippen molar-refractivity contribution in [1.82, 2.24) is 9.38 Å². The van der Waals surface area contributed by atoms with Gasteiger partial charge < -0.3 is 0 Å². The molecular formula is C11H6N4O4. The largest absolute Gasteiger partial charge is 0.348 e. The molecule has 0 spiro atoms. The van der Waals surface area contributed by atoms with E-state index in [0.29, 0.717) is 16.7 Å². The van der Waals surface area contributed by atoms with E-state index in [4.69, 9.17) is 0 Å². The second kappa shape index (κ2) is 3.73. The molecule has 0 amide bonds. The fraction of sp³-hybridized carbons (Fsp3) is 0. The first kappa shape index (κ1) is 11.1. The van der Waals surface area contributed by atoms with E-state index in [0.717, 1.165) is 6.07 Å². The number of hydrogen-bond acceptors (Lipinski definition) is 5. The van der Waals surface area contributed by atoms with Gasteiger partial charge in [-0.25, -0.2) is 4.98 Å². The van der Waals surface area contributed by atoms with Gasteiger partial charge in [-0.1, -0.05) is 6.07 Å². The average Bonchev–Trinajstić information content (AvgIpc) is 2.74. The Balaban J connectivity index is 2.46. The van der Waals surface area contributed by atoms with Crippen molar-refractivity contribution in [3.63, 3.8) is 0 Å². The smallest absolute Gasteiger partial charge is 0.299 e. The van der Waals surface area contributed by atoms with E-state index in [9.17, 15) is 20.2 Å². The van der Waals surface area contributed by atoms with Gasteiger partial charge in [0.2, 0.25) is 0 Å². The standard InChI is InChI=1S/C11H6N4O4/c16-14(17)9-5-7-8(6-10(9)15(18)19)13-4-2-1-3-11(13)12-7/h1-6H. The Morgan fingerprint density at radius 3 is 2.42 bits per heavy atom. The number of aromatic nitrogens is 2. The zero-order valence-electron chi connectivity index (χ0n) is 9.39. The molecule has 0 fully saturated rings. The first-order valence-electron chi connectivity index (χ1n) is 5.27. The zero-order chi connectivity index (χ0) is 13.6. The van der Waals surface area contributed by atoms with Crippen molar-refractivity contribution in [3.05, 3.63) is 56.8 Å². The van der Waals surface area contributed by atoms with Gasteiger partial charge in [0.25, 0.3) is 0 Å². The van der Waals surface area contributed by atoms with Crippen LogP contribution in [0, 0.1) is 20.2 Å². The molecule has 19 heavy (non-hydrogen) atoms. The molecule has 0 unspecified atom stereocenters. The van der Waals surface area contributed by atoms with Gasteiger partial charge in [0.05, 0.1) is 26.9 Å². The lowest BCUT2D eigenvalue weighted by atomic mass is 10.2. The molecule has 94 valence electrons. The van der Waals surface area contributed by atoms with Crippen LogP contribution in [0.2, 0.25) is 0 Å². The van der Waals surface area contributed by atoms with E-state index in [-0.39, 0.29) is 0 Å².